The fraction of sp³-hybridized carbons (Fsp3) is 0.100. The van der Waals surface area contributed by atoms with Gasteiger partial charge in [-0.05, 0) is 46.5 Å². The van der Waals surface area contributed by atoms with Gasteiger partial charge in [0, 0.05) is 28.8 Å². The van der Waals surface area contributed by atoms with E-state index < -0.39 is 0 Å². The van der Waals surface area contributed by atoms with Crippen molar-refractivity contribution >= 4 is 10.9 Å². The molecule has 2 heterocycles. The summed E-state index contributed by atoms with van der Waals surface area (Å²) in [4.78, 5) is 4.67. The Morgan fingerprint density at radius 2 is 1.37 bits per heavy atom. The van der Waals surface area contributed by atoms with E-state index in [1.165, 1.54) is 5.56 Å². The van der Waals surface area contributed by atoms with Gasteiger partial charge in [-0.2, -0.15) is 0 Å². The second-order valence-electron chi connectivity index (χ2n) is 8.32. The molecule has 5 aromatic rings. The second-order valence-corrected chi connectivity index (χ2v) is 8.32. The maximum atomic E-state index is 5.78. The number of hydrogen-bond donors (Lipinski definition) is 0. The number of methoxy groups -OCH3 is 2. The van der Waals surface area contributed by atoms with E-state index >= 15 is 0 Å². The van der Waals surface area contributed by atoms with Crippen LogP contribution in [0.3, 0.4) is 0 Å². The highest BCUT2D eigenvalue weighted by molar-refractivity contribution is 5.89. The monoisotopic (exact) mass is 461 g/mol. The summed E-state index contributed by atoms with van der Waals surface area (Å²) < 4.78 is 22.5. The number of aromatic nitrogens is 1. The zero-order valence-electron chi connectivity index (χ0n) is 19.4. The van der Waals surface area contributed by atoms with E-state index in [2.05, 4.69) is 53.5 Å². The van der Waals surface area contributed by atoms with E-state index in [4.69, 9.17) is 18.9 Å². The Labute approximate surface area is 203 Å². The Morgan fingerprint density at radius 3 is 2.11 bits per heavy atom. The van der Waals surface area contributed by atoms with E-state index in [-0.39, 0.29) is 6.79 Å². The Hall–Kier alpha value is -4.51. The molecule has 0 aliphatic carbocycles. The lowest BCUT2D eigenvalue weighted by molar-refractivity contribution is 0.174. The lowest BCUT2D eigenvalue weighted by atomic mass is 9.95. The number of hydrogen-bond acceptors (Lipinski definition) is 5. The highest BCUT2D eigenvalue weighted by atomic mass is 16.7. The summed E-state index contributed by atoms with van der Waals surface area (Å²) in [6, 6.07) is 28.9. The maximum absolute atomic E-state index is 5.78. The van der Waals surface area contributed by atoms with Crippen molar-refractivity contribution in [1.29, 1.82) is 0 Å². The van der Waals surface area contributed by atoms with E-state index in [1.807, 2.05) is 42.6 Å². The van der Waals surface area contributed by atoms with Crippen molar-refractivity contribution in [2.45, 2.75) is 0 Å². The fourth-order valence-electron chi connectivity index (χ4n) is 4.49. The van der Waals surface area contributed by atoms with Gasteiger partial charge in [0.15, 0.2) is 23.0 Å². The van der Waals surface area contributed by atoms with Crippen LogP contribution in [0.15, 0.2) is 91.1 Å². The normalized spacial score (nSPS) is 12.1. The molecule has 0 amide bonds. The molecule has 1 aliphatic rings. The van der Waals surface area contributed by atoms with Crippen LogP contribution in [0, 0.1) is 0 Å². The fourth-order valence-corrected chi connectivity index (χ4v) is 4.49. The molecule has 0 fully saturated rings. The highest BCUT2D eigenvalue weighted by Gasteiger charge is 2.18. The summed E-state index contributed by atoms with van der Waals surface area (Å²) in [5.74, 6) is 2.83. The Bertz CT molecular complexity index is 1530. The molecule has 5 nitrogen and oxygen atoms in total. The molecule has 0 atom stereocenters. The van der Waals surface area contributed by atoms with Crippen LogP contribution in [0.1, 0.15) is 0 Å². The molecular formula is C30H23NO4. The first-order valence-corrected chi connectivity index (χ1v) is 11.3. The van der Waals surface area contributed by atoms with Gasteiger partial charge in [-0.3, -0.25) is 4.98 Å². The number of ether oxygens (including phenoxy) is 4. The first kappa shape index (κ1) is 21.1. The van der Waals surface area contributed by atoms with Crippen molar-refractivity contribution in [3.8, 4) is 56.4 Å². The summed E-state index contributed by atoms with van der Waals surface area (Å²) in [6.45, 7) is 0.237. The molecule has 1 aliphatic heterocycles. The zero-order valence-corrected chi connectivity index (χ0v) is 19.4. The smallest absolute Gasteiger partial charge is 0.231 e. The predicted molar refractivity (Wildman–Crippen MR) is 137 cm³/mol. The van der Waals surface area contributed by atoms with Gasteiger partial charge in [0.1, 0.15) is 0 Å². The van der Waals surface area contributed by atoms with Crippen molar-refractivity contribution in [2.24, 2.45) is 0 Å². The van der Waals surface area contributed by atoms with Crippen LogP contribution < -0.4 is 18.9 Å². The van der Waals surface area contributed by atoms with Crippen LogP contribution in [-0.4, -0.2) is 26.0 Å². The molecule has 0 saturated carbocycles. The SMILES string of the molecule is COc1cc(-c2cnc3cc4c(cc3c2)OCO4)cc(-c2ccc(-c3ccccc3)cc2)c1OC. The van der Waals surface area contributed by atoms with Gasteiger partial charge in [0.05, 0.1) is 19.7 Å². The van der Waals surface area contributed by atoms with Crippen molar-refractivity contribution in [3.05, 3.63) is 91.1 Å². The van der Waals surface area contributed by atoms with Gasteiger partial charge in [0.2, 0.25) is 6.79 Å². The molecule has 1 aromatic heterocycles. The number of benzene rings is 4. The average molecular weight is 462 g/mol. The first-order valence-electron chi connectivity index (χ1n) is 11.3. The number of pyridine rings is 1. The van der Waals surface area contributed by atoms with Gasteiger partial charge < -0.3 is 18.9 Å². The molecule has 4 aromatic carbocycles. The van der Waals surface area contributed by atoms with E-state index in [0.717, 1.165) is 50.2 Å². The molecule has 0 spiro atoms. The molecular weight excluding hydrogens is 438 g/mol. The summed E-state index contributed by atoms with van der Waals surface area (Å²) in [7, 11) is 3.32. The van der Waals surface area contributed by atoms with Gasteiger partial charge in [-0.1, -0.05) is 54.6 Å². The molecule has 6 rings (SSSR count). The molecule has 0 radical (unpaired) electrons. The summed E-state index contributed by atoms with van der Waals surface area (Å²) in [5.41, 5.74) is 7.15. The Balaban J connectivity index is 1.45. The third-order valence-corrected chi connectivity index (χ3v) is 6.29. The molecule has 0 saturated heterocycles. The lowest BCUT2D eigenvalue weighted by Crippen LogP contribution is -1.95. The molecule has 35 heavy (non-hydrogen) atoms. The molecule has 0 unspecified atom stereocenters. The van der Waals surface area contributed by atoms with Crippen LogP contribution >= 0.6 is 0 Å². The Kier molecular flexibility index (Phi) is 5.23. The van der Waals surface area contributed by atoms with Crippen LogP contribution in [0.2, 0.25) is 0 Å². The summed E-state index contributed by atoms with van der Waals surface area (Å²) in [6.07, 6.45) is 1.87. The molecule has 5 heteroatoms. The topological polar surface area (TPSA) is 49.8 Å². The van der Waals surface area contributed by atoms with E-state index in [1.54, 1.807) is 14.2 Å². The maximum Gasteiger partial charge on any atom is 0.231 e. The Morgan fingerprint density at radius 1 is 0.657 bits per heavy atom. The highest BCUT2D eigenvalue weighted by Crippen LogP contribution is 2.43. The predicted octanol–water partition coefficient (Wildman–Crippen LogP) is 6.98. The van der Waals surface area contributed by atoms with Crippen molar-refractivity contribution in [1.82, 2.24) is 4.98 Å². The van der Waals surface area contributed by atoms with E-state index in [0.29, 0.717) is 11.5 Å². The first-order chi connectivity index (χ1) is 17.2. The van der Waals surface area contributed by atoms with E-state index in [9.17, 15) is 0 Å². The molecule has 172 valence electrons. The lowest BCUT2D eigenvalue weighted by Gasteiger charge is -2.16. The third-order valence-electron chi connectivity index (χ3n) is 6.29. The third kappa shape index (κ3) is 3.81. The van der Waals surface area contributed by atoms with Gasteiger partial charge in [0.25, 0.3) is 0 Å². The number of fused-ring (bicyclic) bond motifs is 2. The van der Waals surface area contributed by atoms with Gasteiger partial charge in [-0.25, -0.2) is 0 Å². The van der Waals surface area contributed by atoms with Crippen molar-refractivity contribution in [2.75, 3.05) is 21.0 Å². The quantitative estimate of drug-likeness (QED) is 0.283. The van der Waals surface area contributed by atoms with Crippen LogP contribution in [0.25, 0.3) is 44.3 Å². The van der Waals surface area contributed by atoms with Crippen molar-refractivity contribution < 1.29 is 18.9 Å². The zero-order chi connectivity index (χ0) is 23.8. The minimum atomic E-state index is 0.237. The van der Waals surface area contributed by atoms with Crippen LogP contribution in [-0.2, 0) is 0 Å². The van der Waals surface area contributed by atoms with Gasteiger partial charge >= 0.3 is 0 Å². The standard InChI is InChI=1S/C30H23NO4/c1-32-29-14-22(24-12-23-15-27-28(35-18-34-27)16-26(23)31-17-24)13-25(30(29)33-2)21-10-8-20(9-11-21)19-6-4-3-5-7-19/h3-17H,18H2,1-2H3. The molecule has 0 bridgehead atoms. The van der Waals surface area contributed by atoms with Crippen LogP contribution in [0.5, 0.6) is 23.0 Å². The van der Waals surface area contributed by atoms with Crippen molar-refractivity contribution in [3.63, 3.8) is 0 Å². The van der Waals surface area contributed by atoms with Gasteiger partial charge in [-0.15, -0.1) is 0 Å². The number of nitrogens with zero attached hydrogens (tertiary/aromatic N) is 1. The van der Waals surface area contributed by atoms with Crippen LogP contribution in [0.4, 0.5) is 0 Å². The second kappa shape index (κ2) is 8.69. The molecule has 0 N–H and O–H groups in total. The summed E-state index contributed by atoms with van der Waals surface area (Å²) in [5, 5.41) is 0.982. The number of rotatable bonds is 5. The largest absolute Gasteiger partial charge is 0.493 e. The summed E-state index contributed by atoms with van der Waals surface area (Å²) >= 11 is 0. The minimum Gasteiger partial charge on any atom is -0.493 e. The minimum absolute atomic E-state index is 0.237. The average Bonchev–Trinajstić information content (AvgIpc) is 3.38.